The summed E-state index contributed by atoms with van der Waals surface area (Å²) >= 11 is 0. The first-order valence-corrected chi connectivity index (χ1v) is 10.1. The number of carbonyl (C=O) groups is 1. The summed E-state index contributed by atoms with van der Waals surface area (Å²) in [6.45, 7) is 11.1. The number of rotatable bonds is 7. The summed E-state index contributed by atoms with van der Waals surface area (Å²) < 4.78 is 25.5. The Morgan fingerprint density at radius 2 is 1.71 bits per heavy atom. The van der Waals surface area contributed by atoms with Gasteiger partial charge in [0.25, 0.3) is 0 Å². The smallest absolute Gasteiger partial charge is 0.232 e. The van der Waals surface area contributed by atoms with Crippen molar-refractivity contribution in [3.8, 4) is 0 Å². The zero-order valence-corrected chi connectivity index (χ0v) is 16.4. The zero-order valence-electron chi connectivity index (χ0n) is 15.6. The fourth-order valence-corrected chi connectivity index (χ4v) is 3.15. The van der Waals surface area contributed by atoms with Crippen molar-refractivity contribution in [3.63, 3.8) is 0 Å². The molecule has 5 nitrogen and oxygen atoms in total. The number of nitrogens with one attached hydrogen (secondary N) is 1. The molecule has 1 aromatic carbocycles. The van der Waals surface area contributed by atoms with Gasteiger partial charge in [-0.25, -0.2) is 8.42 Å². The van der Waals surface area contributed by atoms with Gasteiger partial charge in [-0.15, -0.1) is 0 Å². The van der Waals surface area contributed by atoms with Crippen LogP contribution in [0.2, 0.25) is 0 Å². The van der Waals surface area contributed by atoms with E-state index in [1.165, 1.54) is 4.31 Å². The van der Waals surface area contributed by atoms with Gasteiger partial charge in [0, 0.05) is 19.5 Å². The van der Waals surface area contributed by atoms with Crippen molar-refractivity contribution < 1.29 is 13.2 Å². The van der Waals surface area contributed by atoms with E-state index in [4.69, 9.17) is 0 Å². The molecule has 1 amide bonds. The summed E-state index contributed by atoms with van der Waals surface area (Å²) in [7, 11) is -3.44. The second-order valence-corrected chi connectivity index (χ2v) is 9.49. The van der Waals surface area contributed by atoms with E-state index < -0.39 is 10.0 Å². The first-order valence-electron chi connectivity index (χ1n) is 8.26. The SMILES string of the molecule is CC(C)CNC(=O)CCN(c1ccc(C(C)(C)C)cc1)S(C)(=O)=O. The number of nitrogens with zero attached hydrogens (tertiary/aromatic N) is 1. The van der Waals surface area contributed by atoms with Gasteiger partial charge >= 0.3 is 0 Å². The molecule has 1 aromatic rings. The number of hydrogen-bond acceptors (Lipinski definition) is 3. The fraction of sp³-hybridized carbons (Fsp3) is 0.611. The Kier molecular flexibility index (Phi) is 6.84. The fourth-order valence-electron chi connectivity index (χ4n) is 2.22. The van der Waals surface area contributed by atoms with Crippen molar-refractivity contribution in [3.05, 3.63) is 29.8 Å². The van der Waals surface area contributed by atoms with Crippen molar-refractivity contribution in [2.75, 3.05) is 23.7 Å². The van der Waals surface area contributed by atoms with Gasteiger partial charge in [-0.3, -0.25) is 9.10 Å². The first kappa shape index (κ1) is 20.5. The average Bonchev–Trinajstić information content (AvgIpc) is 2.43. The molecule has 0 aliphatic carbocycles. The molecule has 136 valence electrons. The molecule has 0 bridgehead atoms. The Labute approximate surface area is 146 Å². The van der Waals surface area contributed by atoms with Crippen LogP contribution in [-0.4, -0.2) is 33.7 Å². The Balaban J connectivity index is 2.86. The number of anilines is 1. The molecule has 0 aromatic heterocycles. The Morgan fingerprint density at radius 1 is 1.17 bits per heavy atom. The van der Waals surface area contributed by atoms with E-state index in [9.17, 15) is 13.2 Å². The Morgan fingerprint density at radius 3 is 2.12 bits per heavy atom. The maximum absolute atomic E-state index is 12.1. The third-order valence-corrected chi connectivity index (χ3v) is 4.87. The minimum absolute atomic E-state index is 0.00514. The normalized spacial score (nSPS) is 12.3. The highest BCUT2D eigenvalue weighted by molar-refractivity contribution is 7.92. The van der Waals surface area contributed by atoms with E-state index in [1.54, 1.807) is 12.1 Å². The second kappa shape index (κ2) is 8.01. The standard InChI is InChI=1S/C18H30N2O3S/c1-14(2)13-19-17(21)11-12-20(24(6,22)23)16-9-7-15(8-10-16)18(3,4)5/h7-10,14H,11-13H2,1-6H3,(H,19,21). The van der Waals surface area contributed by atoms with E-state index in [2.05, 4.69) is 26.1 Å². The molecule has 0 spiro atoms. The molecule has 1 rings (SSSR count). The molecule has 0 heterocycles. The minimum atomic E-state index is -3.44. The predicted octanol–water partition coefficient (Wildman–Crippen LogP) is 2.91. The molecule has 1 N–H and O–H groups in total. The van der Waals surface area contributed by atoms with Gasteiger partial charge in [0.2, 0.25) is 15.9 Å². The summed E-state index contributed by atoms with van der Waals surface area (Å²) in [6, 6.07) is 7.47. The lowest BCUT2D eigenvalue weighted by molar-refractivity contribution is -0.121. The summed E-state index contributed by atoms with van der Waals surface area (Å²) in [5, 5.41) is 2.81. The quantitative estimate of drug-likeness (QED) is 0.819. The van der Waals surface area contributed by atoms with Crippen LogP contribution in [-0.2, 0) is 20.2 Å². The maximum atomic E-state index is 12.1. The Hall–Kier alpha value is -1.56. The van der Waals surface area contributed by atoms with Crippen LogP contribution in [0.5, 0.6) is 0 Å². The van der Waals surface area contributed by atoms with E-state index in [0.717, 1.165) is 11.8 Å². The van der Waals surface area contributed by atoms with Gasteiger partial charge in [0.05, 0.1) is 11.9 Å². The van der Waals surface area contributed by atoms with Crippen molar-refractivity contribution in [2.24, 2.45) is 5.92 Å². The van der Waals surface area contributed by atoms with Crippen LogP contribution in [0.3, 0.4) is 0 Å². The van der Waals surface area contributed by atoms with Crippen LogP contribution in [0, 0.1) is 5.92 Å². The molecule has 6 heteroatoms. The van der Waals surface area contributed by atoms with E-state index in [1.807, 2.05) is 26.0 Å². The van der Waals surface area contributed by atoms with Crippen LogP contribution in [0.15, 0.2) is 24.3 Å². The van der Waals surface area contributed by atoms with Gasteiger partial charge in [-0.05, 0) is 29.0 Å². The molecule has 24 heavy (non-hydrogen) atoms. The van der Waals surface area contributed by atoms with Gasteiger partial charge in [-0.1, -0.05) is 46.8 Å². The first-order chi connectivity index (χ1) is 10.9. The van der Waals surface area contributed by atoms with Gasteiger partial charge < -0.3 is 5.32 Å². The van der Waals surface area contributed by atoms with Crippen molar-refractivity contribution in [1.29, 1.82) is 0 Å². The molecule has 0 saturated carbocycles. The van der Waals surface area contributed by atoms with Crippen LogP contribution in [0.25, 0.3) is 0 Å². The maximum Gasteiger partial charge on any atom is 0.232 e. The van der Waals surface area contributed by atoms with Crippen molar-refractivity contribution in [1.82, 2.24) is 5.32 Å². The number of amides is 1. The summed E-state index contributed by atoms with van der Waals surface area (Å²) in [5.74, 6) is 0.230. The summed E-state index contributed by atoms with van der Waals surface area (Å²) in [5.41, 5.74) is 1.72. The minimum Gasteiger partial charge on any atom is -0.356 e. The molecule has 0 radical (unpaired) electrons. The molecule has 0 fully saturated rings. The zero-order chi connectivity index (χ0) is 18.5. The highest BCUT2D eigenvalue weighted by atomic mass is 32.2. The van der Waals surface area contributed by atoms with Crippen molar-refractivity contribution in [2.45, 2.75) is 46.5 Å². The molecule has 0 atom stereocenters. The highest BCUT2D eigenvalue weighted by Gasteiger charge is 2.20. The summed E-state index contributed by atoms with van der Waals surface area (Å²) in [6.07, 6.45) is 1.30. The van der Waals surface area contributed by atoms with Gasteiger partial charge in [0.1, 0.15) is 0 Å². The van der Waals surface area contributed by atoms with E-state index in [0.29, 0.717) is 18.2 Å². The molecular formula is C18H30N2O3S. The number of benzene rings is 1. The number of carbonyl (C=O) groups excluding carboxylic acids is 1. The lowest BCUT2D eigenvalue weighted by Gasteiger charge is -2.24. The van der Waals surface area contributed by atoms with E-state index in [-0.39, 0.29) is 24.3 Å². The van der Waals surface area contributed by atoms with Gasteiger partial charge in [0.15, 0.2) is 0 Å². The van der Waals surface area contributed by atoms with Crippen LogP contribution in [0.1, 0.15) is 46.6 Å². The number of hydrogen-bond donors (Lipinski definition) is 1. The third kappa shape index (κ3) is 6.51. The van der Waals surface area contributed by atoms with Crippen molar-refractivity contribution >= 4 is 21.6 Å². The predicted molar refractivity (Wildman–Crippen MR) is 99.8 cm³/mol. The van der Waals surface area contributed by atoms with Crippen LogP contribution in [0.4, 0.5) is 5.69 Å². The van der Waals surface area contributed by atoms with Gasteiger partial charge in [-0.2, -0.15) is 0 Å². The molecule has 0 saturated heterocycles. The third-order valence-electron chi connectivity index (χ3n) is 3.67. The van der Waals surface area contributed by atoms with E-state index >= 15 is 0 Å². The molecule has 0 unspecified atom stereocenters. The largest absolute Gasteiger partial charge is 0.356 e. The molecule has 0 aliphatic heterocycles. The lowest BCUT2D eigenvalue weighted by atomic mass is 9.87. The number of sulfonamides is 1. The molecular weight excluding hydrogens is 324 g/mol. The average molecular weight is 355 g/mol. The van der Waals surface area contributed by atoms with Crippen LogP contribution >= 0.6 is 0 Å². The lowest BCUT2D eigenvalue weighted by Crippen LogP contribution is -2.35. The Bertz CT molecular complexity index is 644. The highest BCUT2D eigenvalue weighted by Crippen LogP contribution is 2.26. The second-order valence-electron chi connectivity index (χ2n) is 7.58. The summed E-state index contributed by atoms with van der Waals surface area (Å²) in [4.78, 5) is 11.9. The van der Waals surface area contributed by atoms with Crippen LogP contribution < -0.4 is 9.62 Å². The monoisotopic (exact) mass is 354 g/mol. The molecule has 0 aliphatic rings. The topological polar surface area (TPSA) is 66.5 Å².